The van der Waals surface area contributed by atoms with Crippen LogP contribution in [0.15, 0.2) is 6.33 Å². The maximum absolute atomic E-state index is 12.9. The number of carbonyl (C=O) groups excluding carboxylic acids is 1. The van der Waals surface area contributed by atoms with Gasteiger partial charge in [-0.3, -0.25) is 9.89 Å². The molecular weight excluding hydrogens is 332 g/mol. The molecular formula is C18H24N6O2. The lowest BCUT2D eigenvalue weighted by Gasteiger charge is -2.34. The number of aromatic amines is 1. The molecule has 0 bridgehead atoms. The number of H-pyrrole nitrogens is 1. The summed E-state index contributed by atoms with van der Waals surface area (Å²) in [5.41, 5.74) is 1.77. The molecule has 2 aliphatic carbocycles. The molecule has 2 atom stereocenters. The van der Waals surface area contributed by atoms with Crippen molar-refractivity contribution in [1.82, 2.24) is 25.1 Å². The Morgan fingerprint density at radius 3 is 2.96 bits per heavy atom. The van der Waals surface area contributed by atoms with Crippen molar-refractivity contribution in [2.45, 2.75) is 44.8 Å². The molecule has 2 aromatic rings. The molecule has 2 aromatic heterocycles. The van der Waals surface area contributed by atoms with Crippen LogP contribution in [0.5, 0.6) is 0 Å². The molecule has 2 N–H and O–H groups in total. The molecule has 2 saturated carbocycles. The lowest BCUT2D eigenvalue weighted by molar-refractivity contribution is -0.135. The molecule has 1 amide bonds. The minimum atomic E-state index is -0.196. The second-order valence-corrected chi connectivity index (χ2v) is 8.26. The molecule has 5 rings (SSSR count). The first kappa shape index (κ1) is 16.0. The predicted molar refractivity (Wildman–Crippen MR) is 95.6 cm³/mol. The van der Waals surface area contributed by atoms with Crippen molar-refractivity contribution in [2.75, 3.05) is 25.0 Å². The molecule has 1 saturated heterocycles. The first-order chi connectivity index (χ1) is 12.5. The number of rotatable bonds is 3. The number of aromatic nitrogens is 4. The molecule has 3 aliphatic rings. The Morgan fingerprint density at radius 1 is 1.38 bits per heavy atom. The van der Waals surface area contributed by atoms with Crippen molar-refractivity contribution in [2.24, 2.45) is 11.3 Å². The number of hydrogen-bond acceptors (Lipinski definition) is 6. The Hall–Kier alpha value is -2.22. The fourth-order valence-electron chi connectivity index (χ4n) is 4.92. The van der Waals surface area contributed by atoms with Crippen LogP contribution >= 0.6 is 0 Å². The van der Waals surface area contributed by atoms with Crippen LogP contribution in [0.1, 0.15) is 31.4 Å². The number of anilines is 1. The summed E-state index contributed by atoms with van der Waals surface area (Å²) in [6.07, 6.45) is 4.84. The minimum absolute atomic E-state index is 0.117. The lowest BCUT2D eigenvalue weighted by atomic mass is 9.77. The molecule has 8 nitrogen and oxygen atoms in total. The van der Waals surface area contributed by atoms with E-state index in [2.05, 4.69) is 25.1 Å². The maximum Gasteiger partial charge on any atom is 0.226 e. The largest absolute Gasteiger partial charge is 0.393 e. The number of hydrogen-bond donors (Lipinski definition) is 2. The van der Waals surface area contributed by atoms with Crippen molar-refractivity contribution in [1.29, 1.82) is 0 Å². The summed E-state index contributed by atoms with van der Waals surface area (Å²) in [7, 11) is 1.93. The Labute approximate surface area is 151 Å². The fourth-order valence-corrected chi connectivity index (χ4v) is 4.92. The van der Waals surface area contributed by atoms with Crippen LogP contribution in [0.2, 0.25) is 0 Å². The Morgan fingerprint density at radius 2 is 2.19 bits per heavy atom. The van der Waals surface area contributed by atoms with Gasteiger partial charge in [0, 0.05) is 31.7 Å². The minimum Gasteiger partial charge on any atom is -0.393 e. The second kappa shape index (κ2) is 5.39. The quantitative estimate of drug-likeness (QED) is 0.846. The summed E-state index contributed by atoms with van der Waals surface area (Å²) < 4.78 is 0. The fraction of sp³-hybridized carbons (Fsp3) is 0.667. The van der Waals surface area contributed by atoms with Gasteiger partial charge in [0.15, 0.2) is 5.65 Å². The van der Waals surface area contributed by atoms with Crippen molar-refractivity contribution in [3.05, 3.63) is 12.0 Å². The third-order valence-corrected chi connectivity index (χ3v) is 6.64. The van der Waals surface area contributed by atoms with Crippen molar-refractivity contribution in [3.63, 3.8) is 0 Å². The number of aliphatic hydroxyl groups excluding tert-OH is 1. The summed E-state index contributed by atoms with van der Waals surface area (Å²) >= 11 is 0. The van der Waals surface area contributed by atoms with Gasteiger partial charge in [0.25, 0.3) is 0 Å². The zero-order valence-corrected chi connectivity index (χ0v) is 15.1. The first-order valence-corrected chi connectivity index (χ1v) is 9.34. The highest BCUT2D eigenvalue weighted by atomic mass is 16.3. The average Bonchev–Trinajstić information content (AvgIpc) is 2.98. The molecule has 1 spiro atoms. The van der Waals surface area contributed by atoms with Gasteiger partial charge in [0.2, 0.25) is 5.91 Å². The highest BCUT2D eigenvalue weighted by Gasteiger charge is 2.65. The van der Waals surface area contributed by atoms with E-state index in [-0.39, 0.29) is 29.4 Å². The van der Waals surface area contributed by atoms with Crippen molar-refractivity contribution < 1.29 is 9.90 Å². The molecule has 1 aliphatic heterocycles. The molecule has 0 radical (unpaired) electrons. The number of aliphatic hydroxyl groups is 1. The number of nitrogens with one attached hydrogen (secondary N) is 1. The number of fused-ring (bicyclic) bond motifs is 1. The highest BCUT2D eigenvalue weighted by Crippen LogP contribution is 2.65. The Balaban J connectivity index is 1.30. The van der Waals surface area contributed by atoms with E-state index in [0.29, 0.717) is 5.65 Å². The summed E-state index contributed by atoms with van der Waals surface area (Å²) in [6, 6.07) is 0.197. The lowest BCUT2D eigenvalue weighted by Crippen LogP contribution is -2.42. The highest BCUT2D eigenvalue weighted by molar-refractivity contribution is 5.89. The van der Waals surface area contributed by atoms with Crippen molar-refractivity contribution >= 4 is 22.8 Å². The second-order valence-electron chi connectivity index (χ2n) is 8.26. The van der Waals surface area contributed by atoms with Gasteiger partial charge in [-0.15, -0.1) is 0 Å². The van der Waals surface area contributed by atoms with E-state index in [9.17, 15) is 9.90 Å². The molecule has 8 heteroatoms. The van der Waals surface area contributed by atoms with Gasteiger partial charge in [-0.1, -0.05) is 0 Å². The number of likely N-dealkylation sites (N-methyl/N-ethyl adjacent to an activating group) is 1. The molecule has 3 fully saturated rings. The van der Waals surface area contributed by atoms with Crippen LogP contribution < -0.4 is 4.90 Å². The van der Waals surface area contributed by atoms with E-state index in [0.717, 1.165) is 55.7 Å². The zero-order chi connectivity index (χ0) is 18.1. The monoisotopic (exact) mass is 356 g/mol. The van der Waals surface area contributed by atoms with Crippen LogP contribution in [0, 0.1) is 18.3 Å². The van der Waals surface area contributed by atoms with Gasteiger partial charge in [-0.2, -0.15) is 5.10 Å². The first-order valence-electron chi connectivity index (χ1n) is 9.34. The van der Waals surface area contributed by atoms with E-state index >= 15 is 0 Å². The Kier molecular flexibility index (Phi) is 3.31. The molecule has 0 aromatic carbocycles. The number of carbonyl (C=O) groups is 1. The molecule has 3 heterocycles. The van der Waals surface area contributed by atoms with E-state index in [1.165, 1.54) is 0 Å². The van der Waals surface area contributed by atoms with Crippen LogP contribution in [-0.4, -0.2) is 68.4 Å². The summed E-state index contributed by atoms with van der Waals surface area (Å²) in [5, 5.41) is 17.7. The third kappa shape index (κ3) is 2.24. The van der Waals surface area contributed by atoms with Gasteiger partial charge in [0.1, 0.15) is 12.1 Å². The summed E-state index contributed by atoms with van der Waals surface area (Å²) in [5.74, 6) is 1.26. The maximum atomic E-state index is 12.9. The molecule has 2 unspecified atom stereocenters. The number of amides is 1. The molecule has 138 valence electrons. The topological polar surface area (TPSA) is 98.2 Å². The molecule has 26 heavy (non-hydrogen) atoms. The zero-order valence-electron chi connectivity index (χ0n) is 15.1. The average molecular weight is 356 g/mol. The van der Waals surface area contributed by atoms with E-state index in [1.807, 2.05) is 18.9 Å². The van der Waals surface area contributed by atoms with Crippen LogP contribution in [0.4, 0.5) is 5.82 Å². The van der Waals surface area contributed by atoms with Crippen LogP contribution in [0.25, 0.3) is 11.0 Å². The van der Waals surface area contributed by atoms with E-state index < -0.39 is 0 Å². The number of aryl methyl sites for hydroxylation is 1. The van der Waals surface area contributed by atoms with Gasteiger partial charge in [0.05, 0.1) is 17.5 Å². The van der Waals surface area contributed by atoms with Gasteiger partial charge < -0.3 is 14.9 Å². The van der Waals surface area contributed by atoms with Gasteiger partial charge in [-0.05, 0) is 38.0 Å². The van der Waals surface area contributed by atoms with Crippen molar-refractivity contribution in [3.8, 4) is 0 Å². The van der Waals surface area contributed by atoms with E-state index in [4.69, 9.17) is 0 Å². The summed E-state index contributed by atoms with van der Waals surface area (Å²) in [4.78, 5) is 25.7. The smallest absolute Gasteiger partial charge is 0.226 e. The number of nitrogens with zero attached hydrogens (tertiary/aromatic N) is 5. The Bertz CT molecular complexity index is 874. The van der Waals surface area contributed by atoms with Gasteiger partial charge in [-0.25, -0.2) is 9.97 Å². The van der Waals surface area contributed by atoms with Gasteiger partial charge >= 0.3 is 0 Å². The predicted octanol–water partition coefficient (Wildman–Crippen LogP) is 0.859. The van der Waals surface area contributed by atoms with E-state index in [1.54, 1.807) is 6.33 Å². The third-order valence-electron chi connectivity index (χ3n) is 6.64. The normalized spacial score (nSPS) is 32.9. The van der Waals surface area contributed by atoms with Crippen LogP contribution in [-0.2, 0) is 4.79 Å². The SMILES string of the molecule is Cc1[nH]nc2ncnc(N3CCC(N(C)C(=O)C4CC45CC(O)C5)C3)c12. The van der Waals surface area contributed by atoms with Crippen LogP contribution in [0.3, 0.4) is 0 Å². The standard InChI is InChI=1S/C18H24N6O2/c1-10-14-15(22-21-10)19-9-20-16(14)24-4-3-11(8-24)23(2)17(26)13-7-18(13)5-12(25)6-18/h9,11-13,25H,3-8H2,1-2H3,(H,19,20,21,22). The summed E-state index contributed by atoms with van der Waals surface area (Å²) in [6.45, 7) is 3.62.